The van der Waals surface area contributed by atoms with Gasteiger partial charge in [-0.3, -0.25) is 4.79 Å². The molecule has 0 bridgehead atoms. The normalized spacial score (nSPS) is 12.0. The monoisotopic (exact) mass is 296 g/mol. The molecule has 3 N–H and O–H groups in total. The molecule has 6 heteroatoms. The molecule has 1 unspecified atom stereocenters. The molecule has 1 atom stereocenters. The van der Waals surface area contributed by atoms with Gasteiger partial charge in [-0.05, 0) is 24.1 Å². The first-order valence-electron chi connectivity index (χ1n) is 6.94. The summed E-state index contributed by atoms with van der Waals surface area (Å²) in [4.78, 5) is 11.3. The van der Waals surface area contributed by atoms with Gasteiger partial charge in [0.25, 0.3) is 5.91 Å². The lowest BCUT2D eigenvalue weighted by Crippen LogP contribution is -2.33. The topological polar surface area (TPSA) is 82.8 Å². The van der Waals surface area contributed by atoms with Crippen LogP contribution in [0.4, 0.5) is 0 Å². The van der Waals surface area contributed by atoms with E-state index >= 15 is 0 Å². The Bertz CT molecular complexity index is 451. The van der Waals surface area contributed by atoms with E-state index in [2.05, 4.69) is 5.32 Å². The highest BCUT2D eigenvalue weighted by atomic mass is 16.5. The van der Waals surface area contributed by atoms with Gasteiger partial charge in [0.1, 0.15) is 0 Å². The number of carbonyl (C=O) groups excluding carboxylic acids is 1. The Balaban J connectivity index is 2.77. The highest BCUT2D eigenvalue weighted by Gasteiger charge is 2.17. The van der Waals surface area contributed by atoms with Crippen molar-refractivity contribution in [3.63, 3.8) is 0 Å². The maximum atomic E-state index is 11.3. The van der Waals surface area contributed by atoms with Crippen LogP contribution in [-0.2, 0) is 16.1 Å². The third kappa shape index (κ3) is 5.61. The highest BCUT2D eigenvalue weighted by Crippen LogP contribution is 2.29. The molecule has 0 heterocycles. The Kier molecular flexibility index (Phi) is 7.56. The lowest BCUT2D eigenvalue weighted by Gasteiger charge is -2.17. The molecular weight excluding hydrogens is 272 g/mol. The third-order valence-electron chi connectivity index (χ3n) is 3.00. The highest BCUT2D eigenvalue weighted by molar-refractivity contribution is 5.79. The first-order valence-corrected chi connectivity index (χ1v) is 6.94. The molecule has 1 amide bonds. The number of ether oxygens (including phenoxy) is 3. The minimum atomic E-state index is -0.657. The number of primary amides is 1. The smallest absolute Gasteiger partial charge is 0.258 e. The van der Waals surface area contributed by atoms with E-state index in [-0.39, 0.29) is 0 Å². The number of nitrogens with two attached hydrogens (primary N) is 1. The SMILES string of the molecule is CCC(Oc1cc(CNCCOC)ccc1OC)C(N)=O. The summed E-state index contributed by atoms with van der Waals surface area (Å²) in [6, 6.07) is 5.61. The summed E-state index contributed by atoms with van der Waals surface area (Å²) in [5.74, 6) is 0.618. The van der Waals surface area contributed by atoms with Crippen LogP contribution in [-0.4, -0.2) is 39.4 Å². The zero-order valence-electron chi connectivity index (χ0n) is 12.8. The van der Waals surface area contributed by atoms with Crippen LogP contribution in [0.2, 0.25) is 0 Å². The van der Waals surface area contributed by atoms with Crippen LogP contribution in [0.1, 0.15) is 18.9 Å². The lowest BCUT2D eigenvalue weighted by atomic mass is 10.2. The Hall–Kier alpha value is -1.79. The van der Waals surface area contributed by atoms with Gasteiger partial charge >= 0.3 is 0 Å². The molecule has 0 aromatic heterocycles. The van der Waals surface area contributed by atoms with Crippen LogP contribution < -0.4 is 20.5 Å². The zero-order chi connectivity index (χ0) is 15.7. The van der Waals surface area contributed by atoms with Gasteiger partial charge in [0.05, 0.1) is 13.7 Å². The second kappa shape index (κ2) is 9.20. The first kappa shape index (κ1) is 17.3. The summed E-state index contributed by atoms with van der Waals surface area (Å²) in [6.45, 7) is 3.94. The summed E-state index contributed by atoms with van der Waals surface area (Å²) in [5, 5.41) is 3.24. The van der Waals surface area contributed by atoms with Gasteiger partial charge in [-0.1, -0.05) is 13.0 Å². The maximum absolute atomic E-state index is 11.3. The number of benzene rings is 1. The number of amides is 1. The standard InChI is InChI=1S/C15H24N2O4/c1-4-12(15(16)18)21-14-9-11(5-6-13(14)20-3)10-17-7-8-19-2/h5-6,9,12,17H,4,7-8,10H2,1-3H3,(H2,16,18). The molecule has 6 nitrogen and oxygen atoms in total. The largest absolute Gasteiger partial charge is 0.493 e. The molecule has 21 heavy (non-hydrogen) atoms. The molecule has 0 radical (unpaired) electrons. The van der Waals surface area contributed by atoms with E-state index in [1.54, 1.807) is 14.2 Å². The van der Waals surface area contributed by atoms with Crippen molar-refractivity contribution in [2.24, 2.45) is 5.73 Å². The summed E-state index contributed by atoms with van der Waals surface area (Å²) in [5.41, 5.74) is 6.34. The average molecular weight is 296 g/mol. The van der Waals surface area contributed by atoms with Crippen molar-refractivity contribution < 1.29 is 19.0 Å². The molecule has 0 aliphatic carbocycles. The fourth-order valence-corrected chi connectivity index (χ4v) is 1.83. The molecule has 0 aliphatic rings. The van der Waals surface area contributed by atoms with E-state index in [4.69, 9.17) is 19.9 Å². The van der Waals surface area contributed by atoms with E-state index < -0.39 is 12.0 Å². The van der Waals surface area contributed by atoms with Gasteiger partial charge in [-0.25, -0.2) is 0 Å². The van der Waals surface area contributed by atoms with Gasteiger partial charge < -0.3 is 25.3 Å². The Morgan fingerprint density at radius 2 is 2.10 bits per heavy atom. The first-order chi connectivity index (χ1) is 10.1. The van der Waals surface area contributed by atoms with E-state index in [1.807, 2.05) is 25.1 Å². The van der Waals surface area contributed by atoms with Crippen molar-refractivity contribution in [1.82, 2.24) is 5.32 Å². The molecule has 1 aromatic carbocycles. The van der Waals surface area contributed by atoms with Gasteiger partial charge in [-0.2, -0.15) is 0 Å². The van der Waals surface area contributed by atoms with Crippen LogP contribution in [0.3, 0.4) is 0 Å². The molecule has 0 aliphatic heterocycles. The third-order valence-corrected chi connectivity index (χ3v) is 3.00. The number of methoxy groups -OCH3 is 2. The fraction of sp³-hybridized carbons (Fsp3) is 0.533. The summed E-state index contributed by atoms with van der Waals surface area (Å²) >= 11 is 0. The second-order valence-electron chi connectivity index (χ2n) is 4.57. The minimum Gasteiger partial charge on any atom is -0.493 e. The number of hydrogen-bond donors (Lipinski definition) is 2. The van der Waals surface area contributed by atoms with E-state index in [9.17, 15) is 4.79 Å². The van der Waals surface area contributed by atoms with Crippen molar-refractivity contribution >= 4 is 5.91 Å². The van der Waals surface area contributed by atoms with E-state index in [0.717, 1.165) is 12.1 Å². The predicted molar refractivity (Wildman–Crippen MR) is 80.5 cm³/mol. The fourth-order valence-electron chi connectivity index (χ4n) is 1.83. The van der Waals surface area contributed by atoms with Crippen LogP contribution in [0.25, 0.3) is 0 Å². The Labute approximate surface area is 125 Å². The predicted octanol–water partition coefficient (Wildman–Crippen LogP) is 1.07. The van der Waals surface area contributed by atoms with Gasteiger partial charge in [0.15, 0.2) is 17.6 Å². The number of nitrogens with one attached hydrogen (secondary N) is 1. The van der Waals surface area contributed by atoms with Gasteiger partial charge in [0, 0.05) is 20.2 Å². The molecular formula is C15H24N2O4. The van der Waals surface area contributed by atoms with Crippen LogP contribution in [0.5, 0.6) is 11.5 Å². The number of hydrogen-bond acceptors (Lipinski definition) is 5. The summed E-state index contributed by atoms with van der Waals surface area (Å²) < 4.78 is 15.9. The van der Waals surface area contributed by atoms with Crippen molar-refractivity contribution in [2.75, 3.05) is 27.4 Å². The lowest BCUT2D eigenvalue weighted by molar-refractivity contribution is -0.124. The zero-order valence-corrected chi connectivity index (χ0v) is 12.8. The molecule has 0 fully saturated rings. The van der Waals surface area contributed by atoms with E-state index in [1.165, 1.54) is 0 Å². The molecule has 0 spiro atoms. The minimum absolute atomic E-state index is 0.483. The van der Waals surface area contributed by atoms with Crippen molar-refractivity contribution in [3.8, 4) is 11.5 Å². The summed E-state index contributed by atoms with van der Waals surface area (Å²) in [6.07, 6.45) is -0.148. The van der Waals surface area contributed by atoms with E-state index in [0.29, 0.717) is 31.1 Å². The molecule has 0 saturated carbocycles. The van der Waals surface area contributed by atoms with Crippen LogP contribution in [0.15, 0.2) is 18.2 Å². The molecule has 0 saturated heterocycles. The molecule has 1 aromatic rings. The number of rotatable bonds is 10. The molecule has 1 rings (SSSR count). The van der Waals surface area contributed by atoms with Crippen LogP contribution in [0, 0.1) is 0 Å². The summed E-state index contributed by atoms with van der Waals surface area (Å²) in [7, 11) is 3.22. The Morgan fingerprint density at radius 1 is 1.33 bits per heavy atom. The van der Waals surface area contributed by atoms with Gasteiger partial charge in [-0.15, -0.1) is 0 Å². The number of carbonyl (C=O) groups is 1. The van der Waals surface area contributed by atoms with Crippen LogP contribution >= 0.6 is 0 Å². The molecule has 118 valence electrons. The van der Waals surface area contributed by atoms with Crippen molar-refractivity contribution in [1.29, 1.82) is 0 Å². The van der Waals surface area contributed by atoms with Crippen molar-refractivity contribution in [3.05, 3.63) is 23.8 Å². The maximum Gasteiger partial charge on any atom is 0.258 e. The average Bonchev–Trinajstić information content (AvgIpc) is 2.49. The quantitative estimate of drug-likeness (QED) is 0.631. The van der Waals surface area contributed by atoms with Crippen molar-refractivity contribution in [2.45, 2.75) is 26.0 Å². The second-order valence-corrected chi connectivity index (χ2v) is 4.57. The Morgan fingerprint density at radius 3 is 2.67 bits per heavy atom. The van der Waals surface area contributed by atoms with Gasteiger partial charge in [0.2, 0.25) is 0 Å².